The smallest absolute Gasteiger partial charge is 0.308 e. The van der Waals surface area contributed by atoms with E-state index in [1.54, 1.807) is 6.92 Å². The number of hydrogen-bond acceptors (Lipinski definition) is 2. The maximum atomic E-state index is 12.0. The van der Waals surface area contributed by atoms with Crippen molar-refractivity contribution < 1.29 is 14.7 Å². The minimum atomic E-state index is -0.864. The Morgan fingerprint density at radius 1 is 1.38 bits per heavy atom. The Labute approximate surface area is 96.4 Å². The van der Waals surface area contributed by atoms with Crippen LogP contribution in [0.5, 0.6) is 0 Å². The Morgan fingerprint density at radius 3 is 2.38 bits per heavy atom. The number of carbonyl (C=O) groups excluding carboxylic acids is 1. The molecule has 1 aliphatic carbocycles. The first-order valence-electron chi connectivity index (χ1n) is 6.03. The predicted octanol–water partition coefficient (Wildman–Crippen LogP) is 1.79. The summed E-state index contributed by atoms with van der Waals surface area (Å²) in [5, 5.41) is 11.5. The molecule has 0 radical (unpaired) electrons. The molecule has 1 aliphatic rings. The summed E-state index contributed by atoms with van der Waals surface area (Å²) in [5.41, 5.74) is -0.224. The van der Waals surface area contributed by atoms with Crippen molar-refractivity contribution in [3.8, 4) is 0 Å². The van der Waals surface area contributed by atoms with E-state index in [0.29, 0.717) is 0 Å². The van der Waals surface area contributed by atoms with Gasteiger partial charge in [-0.25, -0.2) is 0 Å². The first kappa shape index (κ1) is 13.0. The van der Waals surface area contributed by atoms with Crippen LogP contribution in [-0.2, 0) is 9.59 Å². The van der Waals surface area contributed by atoms with Crippen LogP contribution < -0.4 is 5.32 Å². The van der Waals surface area contributed by atoms with Gasteiger partial charge in [0.05, 0.1) is 5.92 Å². The highest BCUT2D eigenvalue weighted by Gasteiger charge is 2.39. The molecule has 0 aliphatic heterocycles. The highest BCUT2D eigenvalue weighted by atomic mass is 16.4. The summed E-state index contributed by atoms with van der Waals surface area (Å²) in [6, 6.07) is 0. The summed E-state index contributed by atoms with van der Waals surface area (Å²) >= 11 is 0. The lowest BCUT2D eigenvalue weighted by Crippen LogP contribution is -2.41. The van der Waals surface area contributed by atoms with Crippen LogP contribution in [-0.4, -0.2) is 23.5 Å². The minimum Gasteiger partial charge on any atom is -0.481 e. The summed E-state index contributed by atoms with van der Waals surface area (Å²) in [4.78, 5) is 22.7. The van der Waals surface area contributed by atoms with Gasteiger partial charge >= 0.3 is 5.97 Å². The second kappa shape index (κ2) is 5.32. The maximum absolute atomic E-state index is 12.0. The van der Waals surface area contributed by atoms with Gasteiger partial charge in [-0.1, -0.05) is 26.7 Å². The van der Waals surface area contributed by atoms with Gasteiger partial charge in [0.1, 0.15) is 0 Å². The van der Waals surface area contributed by atoms with Crippen LogP contribution in [0.3, 0.4) is 0 Å². The zero-order chi connectivity index (χ0) is 12.2. The standard InChI is InChI=1S/C12H21NO3/c1-3-12(6-4-5-7-12)11(16)13-8-9(2)10(14)15/h9H,3-8H2,1-2H3,(H,13,16)(H,14,15). The van der Waals surface area contributed by atoms with Crippen LogP contribution in [0.25, 0.3) is 0 Å². The van der Waals surface area contributed by atoms with Crippen molar-refractivity contribution in [3.05, 3.63) is 0 Å². The van der Waals surface area contributed by atoms with Crippen LogP contribution in [0.1, 0.15) is 46.0 Å². The third-order valence-corrected chi connectivity index (χ3v) is 3.71. The van der Waals surface area contributed by atoms with Gasteiger partial charge in [0, 0.05) is 12.0 Å². The Bertz CT molecular complexity index is 269. The Kier molecular flexibility index (Phi) is 4.33. The van der Waals surface area contributed by atoms with Crippen LogP contribution in [0.4, 0.5) is 0 Å². The largest absolute Gasteiger partial charge is 0.481 e. The normalized spacial score (nSPS) is 20.4. The molecule has 4 heteroatoms. The van der Waals surface area contributed by atoms with E-state index in [2.05, 4.69) is 5.32 Å². The number of hydrogen-bond donors (Lipinski definition) is 2. The van der Waals surface area contributed by atoms with Crippen molar-refractivity contribution in [2.24, 2.45) is 11.3 Å². The van der Waals surface area contributed by atoms with Crippen molar-refractivity contribution in [1.82, 2.24) is 5.32 Å². The summed E-state index contributed by atoms with van der Waals surface area (Å²) in [5.74, 6) is -1.34. The first-order chi connectivity index (χ1) is 7.52. The SMILES string of the molecule is CCC1(C(=O)NCC(C)C(=O)O)CCCC1. The molecule has 2 N–H and O–H groups in total. The average Bonchev–Trinajstić information content (AvgIpc) is 2.74. The summed E-state index contributed by atoms with van der Waals surface area (Å²) in [7, 11) is 0. The van der Waals surface area contributed by atoms with E-state index in [1.807, 2.05) is 6.92 Å². The summed E-state index contributed by atoms with van der Waals surface area (Å²) in [6.07, 6.45) is 4.94. The van der Waals surface area contributed by atoms with E-state index in [4.69, 9.17) is 5.11 Å². The zero-order valence-corrected chi connectivity index (χ0v) is 10.1. The van der Waals surface area contributed by atoms with E-state index in [0.717, 1.165) is 32.1 Å². The molecule has 1 atom stereocenters. The van der Waals surface area contributed by atoms with Gasteiger partial charge < -0.3 is 10.4 Å². The number of amides is 1. The molecular weight excluding hydrogens is 206 g/mol. The fourth-order valence-electron chi connectivity index (χ4n) is 2.31. The number of carboxylic acid groups (broad SMARTS) is 1. The van der Waals surface area contributed by atoms with Gasteiger partial charge in [0.15, 0.2) is 0 Å². The lowest BCUT2D eigenvalue weighted by Gasteiger charge is -2.26. The van der Waals surface area contributed by atoms with E-state index >= 15 is 0 Å². The quantitative estimate of drug-likeness (QED) is 0.752. The molecule has 1 amide bonds. The highest BCUT2D eigenvalue weighted by molar-refractivity contribution is 5.83. The molecule has 0 saturated heterocycles. The van der Waals surface area contributed by atoms with Crippen LogP contribution in [0, 0.1) is 11.3 Å². The van der Waals surface area contributed by atoms with Crippen molar-refractivity contribution in [1.29, 1.82) is 0 Å². The van der Waals surface area contributed by atoms with Crippen LogP contribution in [0.15, 0.2) is 0 Å². The third-order valence-electron chi connectivity index (χ3n) is 3.71. The minimum absolute atomic E-state index is 0.0422. The average molecular weight is 227 g/mol. The molecule has 0 aromatic heterocycles. The topological polar surface area (TPSA) is 66.4 Å². The van der Waals surface area contributed by atoms with Gasteiger partial charge in [-0.3, -0.25) is 9.59 Å². The molecule has 0 bridgehead atoms. The molecule has 1 unspecified atom stereocenters. The molecule has 4 nitrogen and oxygen atoms in total. The lowest BCUT2D eigenvalue weighted by atomic mass is 9.82. The first-order valence-corrected chi connectivity index (χ1v) is 6.03. The molecule has 0 spiro atoms. The van der Waals surface area contributed by atoms with Crippen LogP contribution in [0.2, 0.25) is 0 Å². The van der Waals surface area contributed by atoms with E-state index < -0.39 is 11.9 Å². The van der Waals surface area contributed by atoms with Crippen molar-refractivity contribution in [2.75, 3.05) is 6.54 Å². The lowest BCUT2D eigenvalue weighted by molar-refractivity contribution is -0.141. The molecule has 0 aromatic rings. The van der Waals surface area contributed by atoms with Crippen molar-refractivity contribution >= 4 is 11.9 Å². The van der Waals surface area contributed by atoms with Gasteiger partial charge in [0.25, 0.3) is 0 Å². The summed E-state index contributed by atoms with van der Waals surface area (Å²) in [6.45, 7) is 3.87. The number of rotatable bonds is 5. The Morgan fingerprint density at radius 2 is 1.94 bits per heavy atom. The molecule has 16 heavy (non-hydrogen) atoms. The monoisotopic (exact) mass is 227 g/mol. The highest BCUT2D eigenvalue weighted by Crippen LogP contribution is 2.41. The van der Waals surface area contributed by atoms with Gasteiger partial charge in [-0.05, 0) is 19.3 Å². The van der Waals surface area contributed by atoms with Gasteiger partial charge in [0.2, 0.25) is 5.91 Å². The number of carbonyl (C=O) groups is 2. The predicted molar refractivity (Wildman–Crippen MR) is 61.0 cm³/mol. The van der Waals surface area contributed by atoms with Gasteiger partial charge in [-0.2, -0.15) is 0 Å². The molecule has 0 aromatic carbocycles. The zero-order valence-electron chi connectivity index (χ0n) is 10.1. The van der Waals surface area contributed by atoms with Crippen molar-refractivity contribution in [3.63, 3.8) is 0 Å². The van der Waals surface area contributed by atoms with E-state index in [-0.39, 0.29) is 17.9 Å². The molecule has 1 fully saturated rings. The Hall–Kier alpha value is -1.06. The maximum Gasteiger partial charge on any atom is 0.308 e. The molecular formula is C12H21NO3. The molecule has 1 rings (SSSR count). The number of carboxylic acids is 1. The number of nitrogens with one attached hydrogen (secondary N) is 1. The summed E-state index contributed by atoms with van der Waals surface area (Å²) < 4.78 is 0. The fraction of sp³-hybridized carbons (Fsp3) is 0.833. The van der Waals surface area contributed by atoms with E-state index in [9.17, 15) is 9.59 Å². The number of aliphatic carboxylic acids is 1. The molecule has 1 saturated carbocycles. The Balaban J connectivity index is 2.48. The molecule has 0 heterocycles. The second-order valence-corrected chi connectivity index (χ2v) is 4.79. The second-order valence-electron chi connectivity index (χ2n) is 4.79. The van der Waals surface area contributed by atoms with Crippen LogP contribution >= 0.6 is 0 Å². The third kappa shape index (κ3) is 2.74. The van der Waals surface area contributed by atoms with Gasteiger partial charge in [-0.15, -0.1) is 0 Å². The van der Waals surface area contributed by atoms with E-state index in [1.165, 1.54) is 0 Å². The van der Waals surface area contributed by atoms with Crippen molar-refractivity contribution in [2.45, 2.75) is 46.0 Å². The fourth-order valence-corrected chi connectivity index (χ4v) is 2.31. The molecule has 92 valence electrons.